The molecule has 1 fully saturated rings. The van der Waals surface area contributed by atoms with Gasteiger partial charge in [-0.3, -0.25) is 4.79 Å². The zero-order valence-corrected chi connectivity index (χ0v) is 9.57. The van der Waals surface area contributed by atoms with Crippen LogP contribution in [0.3, 0.4) is 0 Å². The van der Waals surface area contributed by atoms with Crippen molar-refractivity contribution in [2.45, 2.75) is 45.1 Å². The molecule has 0 amide bonds. The molecule has 0 aliphatic carbocycles. The van der Waals surface area contributed by atoms with Crippen LogP contribution in [0.1, 0.15) is 39.0 Å². The number of esters is 1. The summed E-state index contributed by atoms with van der Waals surface area (Å²) in [6.45, 7) is 5.59. The molecule has 2 atom stereocenters. The van der Waals surface area contributed by atoms with Gasteiger partial charge in [0.25, 0.3) is 0 Å². The number of carbonyl (C=O) groups excluding carboxylic acids is 1. The van der Waals surface area contributed by atoms with Gasteiger partial charge in [0.15, 0.2) is 0 Å². The number of hydrogen-bond donors (Lipinski definition) is 1. The molecule has 0 aromatic carbocycles. The van der Waals surface area contributed by atoms with Crippen LogP contribution < -0.4 is 0 Å². The van der Waals surface area contributed by atoms with Gasteiger partial charge in [0, 0.05) is 5.57 Å². The number of rotatable bonds is 6. The quantitative estimate of drug-likeness (QED) is 0.428. The molecule has 0 spiro atoms. The summed E-state index contributed by atoms with van der Waals surface area (Å²) in [5.41, 5.74) is 0.0768. The molecule has 1 aliphatic heterocycles. The third-order valence-corrected chi connectivity index (χ3v) is 2.88. The van der Waals surface area contributed by atoms with E-state index in [0.717, 1.165) is 25.7 Å². The number of ether oxygens (including phenoxy) is 1. The van der Waals surface area contributed by atoms with Gasteiger partial charge in [0.05, 0.1) is 0 Å². The summed E-state index contributed by atoms with van der Waals surface area (Å²) in [5, 5.41) is 8.98. The normalized spacial score (nSPS) is 24.6. The Balaban J connectivity index is 2.48. The number of cyclic esters (lactones) is 1. The van der Waals surface area contributed by atoms with Crippen molar-refractivity contribution in [3.8, 4) is 0 Å². The number of aliphatic carboxylic acids is 1. The van der Waals surface area contributed by atoms with Crippen molar-refractivity contribution in [1.29, 1.82) is 0 Å². The van der Waals surface area contributed by atoms with Gasteiger partial charge in [-0.05, 0) is 12.8 Å². The van der Waals surface area contributed by atoms with Crippen LogP contribution in [-0.4, -0.2) is 23.1 Å². The summed E-state index contributed by atoms with van der Waals surface area (Å²) in [5.74, 6) is -2.43. The molecule has 90 valence electrons. The van der Waals surface area contributed by atoms with Gasteiger partial charge >= 0.3 is 11.9 Å². The zero-order chi connectivity index (χ0) is 12.1. The molecule has 0 radical (unpaired) electrons. The van der Waals surface area contributed by atoms with Crippen molar-refractivity contribution in [2.24, 2.45) is 5.92 Å². The van der Waals surface area contributed by atoms with E-state index in [0.29, 0.717) is 6.42 Å². The van der Waals surface area contributed by atoms with Crippen LogP contribution >= 0.6 is 0 Å². The molecule has 0 aromatic heterocycles. The van der Waals surface area contributed by atoms with E-state index in [2.05, 4.69) is 13.5 Å². The first-order chi connectivity index (χ1) is 7.57. The Hall–Kier alpha value is -1.32. The van der Waals surface area contributed by atoms with Crippen molar-refractivity contribution in [3.63, 3.8) is 0 Å². The molecule has 4 nitrogen and oxygen atoms in total. The predicted molar refractivity (Wildman–Crippen MR) is 58.9 cm³/mol. The maximum atomic E-state index is 11.2. The Labute approximate surface area is 95.3 Å². The Morgan fingerprint density at radius 2 is 2.12 bits per heavy atom. The summed E-state index contributed by atoms with van der Waals surface area (Å²) < 4.78 is 5.01. The highest BCUT2D eigenvalue weighted by atomic mass is 16.6. The first-order valence-corrected chi connectivity index (χ1v) is 5.70. The Morgan fingerprint density at radius 3 is 2.69 bits per heavy atom. The molecule has 1 heterocycles. The highest BCUT2D eigenvalue weighted by Crippen LogP contribution is 2.30. The molecule has 4 heteroatoms. The third-order valence-electron chi connectivity index (χ3n) is 2.88. The van der Waals surface area contributed by atoms with E-state index in [-0.39, 0.29) is 5.57 Å². The largest absolute Gasteiger partial charge is 0.481 e. The summed E-state index contributed by atoms with van der Waals surface area (Å²) >= 11 is 0. The summed E-state index contributed by atoms with van der Waals surface area (Å²) in [4.78, 5) is 22.2. The number of unbranched alkanes of at least 4 members (excludes halogenated alkanes) is 3. The van der Waals surface area contributed by atoms with Crippen molar-refractivity contribution < 1.29 is 19.4 Å². The molecular weight excluding hydrogens is 208 g/mol. The van der Waals surface area contributed by atoms with Gasteiger partial charge in [0.2, 0.25) is 0 Å². The average molecular weight is 226 g/mol. The molecule has 0 saturated carbocycles. The van der Waals surface area contributed by atoms with Crippen LogP contribution in [-0.2, 0) is 14.3 Å². The molecule has 16 heavy (non-hydrogen) atoms. The van der Waals surface area contributed by atoms with Crippen molar-refractivity contribution in [2.75, 3.05) is 0 Å². The molecule has 1 rings (SSSR count). The molecule has 0 aromatic rings. The lowest BCUT2D eigenvalue weighted by atomic mass is 9.93. The van der Waals surface area contributed by atoms with Gasteiger partial charge in [-0.15, -0.1) is 0 Å². The van der Waals surface area contributed by atoms with E-state index in [9.17, 15) is 9.59 Å². The van der Waals surface area contributed by atoms with E-state index >= 15 is 0 Å². The van der Waals surface area contributed by atoms with Crippen LogP contribution in [0.4, 0.5) is 0 Å². The number of carboxylic acid groups (broad SMARTS) is 1. The molecule has 0 bridgehead atoms. The second kappa shape index (κ2) is 5.68. The number of hydrogen-bond acceptors (Lipinski definition) is 3. The molecular formula is C12H18O4. The zero-order valence-electron chi connectivity index (χ0n) is 9.57. The van der Waals surface area contributed by atoms with Gasteiger partial charge in [0.1, 0.15) is 12.0 Å². The highest BCUT2D eigenvalue weighted by Gasteiger charge is 2.42. The van der Waals surface area contributed by atoms with Crippen molar-refractivity contribution in [1.82, 2.24) is 0 Å². The molecule has 1 aliphatic rings. The van der Waals surface area contributed by atoms with Gasteiger partial charge in [-0.25, -0.2) is 4.79 Å². The molecule has 1 saturated heterocycles. The first-order valence-electron chi connectivity index (χ1n) is 5.70. The van der Waals surface area contributed by atoms with Crippen LogP contribution in [0.2, 0.25) is 0 Å². The van der Waals surface area contributed by atoms with Crippen LogP contribution in [0.25, 0.3) is 0 Å². The van der Waals surface area contributed by atoms with Gasteiger partial charge in [-0.1, -0.05) is 32.8 Å². The van der Waals surface area contributed by atoms with Crippen molar-refractivity contribution >= 4 is 11.9 Å². The van der Waals surface area contributed by atoms with Crippen LogP contribution in [0.5, 0.6) is 0 Å². The summed E-state index contributed by atoms with van der Waals surface area (Å²) in [7, 11) is 0. The van der Waals surface area contributed by atoms with E-state index in [1.165, 1.54) is 0 Å². The smallest absolute Gasteiger partial charge is 0.334 e. The molecule has 0 unspecified atom stereocenters. The van der Waals surface area contributed by atoms with Gasteiger partial charge < -0.3 is 9.84 Å². The summed E-state index contributed by atoms with van der Waals surface area (Å²) in [6.07, 6.45) is 4.28. The highest BCUT2D eigenvalue weighted by molar-refractivity contribution is 5.97. The SMILES string of the molecule is C=C1C(=O)O[C@H](CCCCCC)[C@H]1C(=O)O. The lowest BCUT2D eigenvalue weighted by Gasteiger charge is -2.13. The Bertz CT molecular complexity index is 295. The first kappa shape index (κ1) is 12.7. The lowest BCUT2D eigenvalue weighted by molar-refractivity contribution is -0.144. The Morgan fingerprint density at radius 1 is 1.44 bits per heavy atom. The fraction of sp³-hybridized carbons (Fsp3) is 0.667. The maximum absolute atomic E-state index is 11.2. The topological polar surface area (TPSA) is 63.6 Å². The number of carbonyl (C=O) groups is 2. The maximum Gasteiger partial charge on any atom is 0.334 e. The number of carboxylic acids is 1. The standard InChI is InChI=1S/C12H18O4/c1-3-4-5-6-7-9-10(11(13)14)8(2)12(15)16-9/h9-10H,2-7H2,1H3,(H,13,14)/t9-,10+/m1/s1. The van der Waals surface area contributed by atoms with Gasteiger partial charge in [-0.2, -0.15) is 0 Å². The fourth-order valence-corrected chi connectivity index (χ4v) is 1.94. The second-order valence-electron chi connectivity index (χ2n) is 4.13. The van der Waals surface area contributed by atoms with E-state index in [1.807, 2.05) is 0 Å². The monoisotopic (exact) mass is 226 g/mol. The fourth-order valence-electron chi connectivity index (χ4n) is 1.94. The minimum Gasteiger partial charge on any atom is -0.481 e. The minimum absolute atomic E-state index is 0.0768. The molecule has 1 N–H and O–H groups in total. The second-order valence-corrected chi connectivity index (χ2v) is 4.13. The van der Waals surface area contributed by atoms with E-state index in [4.69, 9.17) is 9.84 Å². The summed E-state index contributed by atoms with van der Waals surface area (Å²) in [6, 6.07) is 0. The predicted octanol–water partition coefficient (Wildman–Crippen LogP) is 2.14. The van der Waals surface area contributed by atoms with Crippen LogP contribution in [0.15, 0.2) is 12.2 Å². The van der Waals surface area contributed by atoms with Crippen molar-refractivity contribution in [3.05, 3.63) is 12.2 Å². The van der Waals surface area contributed by atoms with Crippen LogP contribution in [0, 0.1) is 5.92 Å². The Kier molecular flexibility index (Phi) is 4.52. The lowest BCUT2D eigenvalue weighted by Crippen LogP contribution is -2.24. The van der Waals surface area contributed by atoms with E-state index in [1.54, 1.807) is 0 Å². The average Bonchev–Trinajstić information content (AvgIpc) is 2.50. The third kappa shape index (κ3) is 2.84. The minimum atomic E-state index is -1.02. The van der Waals surface area contributed by atoms with E-state index < -0.39 is 24.0 Å².